The zero-order valence-electron chi connectivity index (χ0n) is 19.5. The summed E-state index contributed by atoms with van der Waals surface area (Å²) in [7, 11) is 0. The molecule has 180 valence electrons. The van der Waals surface area contributed by atoms with E-state index in [1.54, 1.807) is 19.1 Å². The largest absolute Gasteiger partial charge is 0.392 e. The van der Waals surface area contributed by atoms with Gasteiger partial charge in [-0.1, -0.05) is 6.92 Å². The molecule has 3 heterocycles. The molecule has 4 rings (SSSR count). The van der Waals surface area contributed by atoms with Crippen LogP contribution < -0.4 is 15.8 Å². The van der Waals surface area contributed by atoms with Gasteiger partial charge < -0.3 is 20.3 Å². The number of pyridine rings is 2. The van der Waals surface area contributed by atoms with E-state index in [4.69, 9.17) is 0 Å². The van der Waals surface area contributed by atoms with E-state index >= 15 is 0 Å². The lowest BCUT2D eigenvalue weighted by Gasteiger charge is -2.36. The average molecular weight is 468 g/mol. The molecule has 9 heteroatoms. The van der Waals surface area contributed by atoms with Crippen molar-refractivity contribution in [2.75, 3.05) is 37.6 Å². The second-order valence-electron chi connectivity index (χ2n) is 8.74. The van der Waals surface area contributed by atoms with E-state index < -0.39 is 17.8 Å². The molecule has 0 bridgehead atoms. The Morgan fingerprint density at radius 2 is 2.00 bits per heavy atom. The lowest BCUT2D eigenvalue weighted by Crippen LogP contribution is -2.46. The van der Waals surface area contributed by atoms with Crippen LogP contribution in [0.15, 0.2) is 41.3 Å². The van der Waals surface area contributed by atoms with Crippen molar-refractivity contribution in [1.82, 2.24) is 20.2 Å². The van der Waals surface area contributed by atoms with Crippen molar-refractivity contribution in [1.29, 1.82) is 0 Å². The summed E-state index contributed by atoms with van der Waals surface area (Å²) in [6.45, 7) is 7.14. The third kappa shape index (κ3) is 5.43. The Morgan fingerprint density at radius 1 is 1.24 bits per heavy atom. The minimum atomic E-state index is -0.661. The van der Waals surface area contributed by atoms with Crippen molar-refractivity contribution in [3.05, 3.63) is 69.4 Å². The van der Waals surface area contributed by atoms with E-state index in [2.05, 4.69) is 20.2 Å². The summed E-state index contributed by atoms with van der Waals surface area (Å²) >= 11 is 0. The molecule has 1 aromatic carbocycles. The maximum atomic E-state index is 14.8. The standard InChI is InChI=1S/C25H30FN5O3/c1-3-18-12-21-22(29-25(18)34)10-17(14-27-21)15-30-6-8-31(9-7-30)23-5-4-19(11-20(23)26)24(33)28-13-16(2)32/h4-5,10-12,14,16,32H,3,6-9,13,15H2,1-2H3,(H,28,33)(H,29,34)/t16-/m0/s1. The first-order valence-electron chi connectivity index (χ1n) is 11.6. The Balaban J connectivity index is 1.37. The average Bonchev–Trinajstić information content (AvgIpc) is 2.82. The molecule has 1 aliphatic rings. The fourth-order valence-electron chi connectivity index (χ4n) is 4.17. The number of hydrogen-bond acceptors (Lipinski definition) is 6. The number of carbonyl (C=O) groups excluding carboxylic acids is 1. The van der Waals surface area contributed by atoms with Crippen molar-refractivity contribution in [2.45, 2.75) is 32.9 Å². The van der Waals surface area contributed by atoms with Crippen LogP contribution in [0.3, 0.4) is 0 Å². The number of H-pyrrole nitrogens is 1. The SMILES string of the molecule is CCc1cc2ncc(CN3CCN(c4ccc(C(=O)NC[C@H](C)O)cc4F)CC3)cc2[nH]c1=O. The van der Waals surface area contributed by atoms with Gasteiger partial charge in [0.15, 0.2) is 0 Å². The molecule has 0 unspecified atom stereocenters. The number of aliphatic hydroxyl groups is 1. The van der Waals surface area contributed by atoms with Gasteiger partial charge in [-0.25, -0.2) is 4.39 Å². The molecular formula is C25H30FN5O3. The summed E-state index contributed by atoms with van der Waals surface area (Å²) in [6, 6.07) is 8.29. The number of nitrogens with zero attached hydrogens (tertiary/aromatic N) is 3. The highest BCUT2D eigenvalue weighted by atomic mass is 19.1. The van der Waals surface area contributed by atoms with Gasteiger partial charge in [0.05, 0.1) is 22.8 Å². The quantitative estimate of drug-likeness (QED) is 0.492. The van der Waals surface area contributed by atoms with Gasteiger partial charge >= 0.3 is 0 Å². The number of aliphatic hydroxyl groups excluding tert-OH is 1. The molecule has 3 N–H and O–H groups in total. The highest BCUT2D eigenvalue weighted by Crippen LogP contribution is 2.23. The van der Waals surface area contributed by atoms with Crippen LogP contribution in [-0.2, 0) is 13.0 Å². The number of nitrogens with one attached hydrogen (secondary N) is 2. The first-order chi connectivity index (χ1) is 16.3. The topological polar surface area (TPSA) is 102 Å². The van der Waals surface area contributed by atoms with Crippen LogP contribution in [0.5, 0.6) is 0 Å². The summed E-state index contributed by atoms with van der Waals surface area (Å²) in [5, 5.41) is 11.9. The van der Waals surface area contributed by atoms with Crippen LogP contribution in [-0.4, -0.2) is 64.7 Å². The number of hydrogen-bond donors (Lipinski definition) is 3. The van der Waals surface area contributed by atoms with Crippen molar-refractivity contribution in [2.24, 2.45) is 0 Å². The fourth-order valence-corrected chi connectivity index (χ4v) is 4.17. The number of aryl methyl sites for hydroxylation is 1. The molecule has 0 spiro atoms. The second kappa shape index (κ2) is 10.3. The maximum absolute atomic E-state index is 14.8. The van der Waals surface area contributed by atoms with Crippen LogP contribution in [0, 0.1) is 5.82 Å². The lowest BCUT2D eigenvalue weighted by atomic mass is 10.1. The highest BCUT2D eigenvalue weighted by Gasteiger charge is 2.21. The number of aromatic amines is 1. The lowest BCUT2D eigenvalue weighted by molar-refractivity contribution is 0.0923. The highest BCUT2D eigenvalue weighted by molar-refractivity contribution is 5.94. The molecule has 0 aliphatic carbocycles. The van der Waals surface area contributed by atoms with Crippen LogP contribution >= 0.6 is 0 Å². The number of aromatic nitrogens is 2. The molecule has 2 aromatic heterocycles. The zero-order chi connectivity index (χ0) is 24.2. The van der Waals surface area contributed by atoms with E-state index in [0.29, 0.717) is 31.7 Å². The van der Waals surface area contributed by atoms with Crippen LogP contribution in [0.1, 0.15) is 35.3 Å². The first-order valence-corrected chi connectivity index (χ1v) is 11.6. The molecule has 0 radical (unpaired) electrons. The number of piperazine rings is 1. The number of halogens is 1. The summed E-state index contributed by atoms with van der Waals surface area (Å²) < 4.78 is 14.8. The smallest absolute Gasteiger partial charge is 0.251 e. The molecule has 1 fully saturated rings. The van der Waals surface area contributed by atoms with Gasteiger partial charge in [-0.15, -0.1) is 0 Å². The normalized spacial score (nSPS) is 15.5. The van der Waals surface area contributed by atoms with Gasteiger partial charge in [-0.3, -0.25) is 19.5 Å². The van der Waals surface area contributed by atoms with Crippen molar-refractivity contribution >= 4 is 22.6 Å². The predicted octanol–water partition coefficient (Wildman–Crippen LogP) is 2.06. The Bertz CT molecular complexity index is 1230. The minimum absolute atomic E-state index is 0.0731. The molecule has 8 nitrogen and oxygen atoms in total. The third-order valence-corrected chi connectivity index (χ3v) is 6.09. The van der Waals surface area contributed by atoms with E-state index in [1.165, 1.54) is 6.07 Å². The monoisotopic (exact) mass is 467 g/mol. The number of fused-ring (bicyclic) bond motifs is 1. The maximum Gasteiger partial charge on any atom is 0.251 e. The fraction of sp³-hybridized carbons (Fsp3) is 0.400. The Kier molecular flexibility index (Phi) is 7.23. The molecule has 0 saturated carbocycles. The van der Waals surface area contributed by atoms with E-state index in [9.17, 15) is 19.1 Å². The summed E-state index contributed by atoms with van der Waals surface area (Å²) in [5.74, 6) is -0.847. The first kappa shape index (κ1) is 23.8. The molecule has 34 heavy (non-hydrogen) atoms. The van der Waals surface area contributed by atoms with Crippen LogP contribution in [0.4, 0.5) is 10.1 Å². The number of carbonyl (C=O) groups is 1. The molecule has 3 aromatic rings. The molecule has 1 saturated heterocycles. The van der Waals surface area contributed by atoms with Gasteiger partial charge in [-0.2, -0.15) is 0 Å². The number of rotatable bonds is 7. The predicted molar refractivity (Wildman–Crippen MR) is 130 cm³/mol. The Hall–Kier alpha value is -3.30. The van der Waals surface area contributed by atoms with Crippen molar-refractivity contribution in [3.63, 3.8) is 0 Å². The van der Waals surface area contributed by atoms with Gasteiger partial charge in [0, 0.05) is 56.6 Å². The number of benzene rings is 1. The molecular weight excluding hydrogens is 437 g/mol. The van der Waals surface area contributed by atoms with Crippen LogP contribution in [0.2, 0.25) is 0 Å². The molecule has 1 amide bonds. The number of anilines is 1. The third-order valence-electron chi connectivity index (χ3n) is 6.09. The molecule has 1 aliphatic heterocycles. The van der Waals surface area contributed by atoms with E-state index in [1.807, 2.05) is 30.2 Å². The van der Waals surface area contributed by atoms with Crippen LogP contribution in [0.25, 0.3) is 11.0 Å². The Morgan fingerprint density at radius 3 is 2.68 bits per heavy atom. The van der Waals surface area contributed by atoms with Crippen molar-refractivity contribution < 1.29 is 14.3 Å². The van der Waals surface area contributed by atoms with Gasteiger partial charge in [0.1, 0.15) is 5.82 Å². The second-order valence-corrected chi connectivity index (χ2v) is 8.74. The zero-order valence-corrected chi connectivity index (χ0v) is 19.5. The summed E-state index contributed by atoms with van der Waals surface area (Å²) in [4.78, 5) is 35.9. The molecule has 1 atom stereocenters. The summed E-state index contributed by atoms with van der Waals surface area (Å²) in [6.07, 6.45) is 1.84. The van der Waals surface area contributed by atoms with E-state index in [0.717, 1.165) is 35.2 Å². The van der Waals surface area contributed by atoms with Crippen molar-refractivity contribution in [3.8, 4) is 0 Å². The Labute approximate surface area is 197 Å². The summed E-state index contributed by atoms with van der Waals surface area (Å²) in [5.41, 5.74) is 3.89. The minimum Gasteiger partial charge on any atom is -0.392 e. The van der Waals surface area contributed by atoms with E-state index in [-0.39, 0.29) is 17.7 Å². The van der Waals surface area contributed by atoms with Gasteiger partial charge in [-0.05, 0) is 49.2 Å². The number of amides is 1. The van der Waals surface area contributed by atoms with Gasteiger partial charge in [0.25, 0.3) is 11.5 Å². The van der Waals surface area contributed by atoms with Gasteiger partial charge in [0.2, 0.25) is 0 Å².